The van der Waals surface area contributed by atoms with Gasteiger partial charge in [0.2, 0.25) is 0 Å². The second kappa shape index (κ2) is 4.59. The van der Waals surface area contributed by atoms with E-state index in [0.29, 0.717) is 10.0 Å². The van der Waals surface area contributed by atoms with Gasteiger partial charge in [-0.05, 0) is 52.3 Å². The van der Waals surface area contributed by atoms with Crippen LogP contribution < -0.4 is 5.32 Å². The molecule has 1 fully saturated rings. The van der Waals surface area contributed by atoms with E-state index in [1.807, 2.05) is 12.1 Å². The summed E-state index contributed by atoms with van der Waals surface area (Å²) in [7, 11) is 0. The average Bonchev–Trinajstić information content (AvgIpc) is 2.31. The molecule has 0 bridgehead atoms. The molecule has 1 aromatic carbocycles. The van der Waals surface area contributed by atoms with Crippen LogP contribution in [0.3, 0.4) is 0 Å². The maximum atomic E-state index is 6.05. The Bertz CT molecular complexity index is 437. The third-order valence-electron chi connectivity index (χ3n) is 3.28. The fraction of sp³-hybridized carbons (Fsp3) is 0.571. The number of nitrogens with one attached hydrogen (secondary N) is 1. The van der Waals surface area contributed by atoms with E-state index in [-0.39, 0.29) is 17.2 Å². The molecule has 0 spiro atoms. The van der Waals surface area contributed by atoms with Gasteiger partial charge in [-0.2, -0.15) is 0 Å². The molecule has 2 rings (SSSR count). The van der Waals surface area contributed by atoms with Crippen LogP contribution in [0, 0.1) is 0 Å². The molecular weight excluding hydrogens is 269 g/mol. The fourth-order valence-corrected chi connectivity index (χ4v) is 3.15. The first-order valence-corrected chi connectivity index (χ1v) is 6.86. The van der Waals surface area contributed by atoms with Crippen LogP contribution in [0.4, 0.5) is 5.69 Å². The Kier molecular flexibility index (Phi) is 3.56. The van der Waals surface area contributed by atoms with E-state index >= 15 is 0 Å². The molecule has 0 saturated carbocycles. The van der Waals surface area contributed by atoms with Crippen molar-refractivity contribution in [3.63, 3.8) is 0 Å². The molecule has 2 nitrogen and oxygen atoms in total. The lowest BCUT2D eigenvalue weighted by Crippen LogP contribution is -2.38. The number of halogens is 2. The SMILES string of the molecule is CC1(C)CC(Nc2cc(Cl)cc(Cl)c2)C(C)(C)O1. The Morgan fingerprint density at radius 1 is 1.11 bits per heavy atom. The van der Waals surface area contributed by atoms with Gasteiger partial charge in [0.05, 0.1) is 17.2 Å². The van der Waals surface area contributed by atoms with E-state index in [1.54, 1.807) is 6.07 Å². The number of ether oxygens (including phenoxy) is 1. The Labute approximate surface area is 119 Å². The summed E-state index contributed by atoms with van der Waals surface area (Å²) >= 11 is 12.0. The van der Waals surface area contributed by atoms with Gasteiger partial charge in [-0.1, -0.05) is 23.2 Å². The van der Waals surface area contributed by atoms with Crippen LogP contribution in [0.1, 0.15) is 34.1 Å². The molecule has 1 unspecified atom stereocenters. The van der Waals surface area contributed by atoms with Crippen molar-refractivity contribution in [2.45, 2.75) is 51.4 Å². The second-order valence-corrected chi connectivity index (χ2v) is 6.90. The van der Waals surface area contributed by atoms with E-state index in [2.05, 4.69) is 33.0 Å². The average molecular weight is 288 g/mol. The van der Waals surface area contributed by atoms with Gasteiger partial charge < -0.3 is 10.1 Å². The summed E-state index contributed by atoms with van der Waals surface area (Å²) in [6.45, 7) is 8.43. The Morgan fingerprint density at radius 3 is 2.11 bits per heavy atom. The first-order chi connectivity index (χ1) is 8.18. The van der Waals surface area contributed by atoms with E-state index in [1.165, 1.54) is 0 Å². The van der Waals surface area contributed by atoms with Gasteiger partial charge >= 0.3 is 0 Å². The lowest BCUT2D eigenvalue weighted by atomic mass is 9.94. The summed E-state index contributed by atoms with van der Waals surface area (Å²) in [5.74, 6) is 0. The lowest BCUT2D eigenvalue weighted by molar-refractivity contribution is -0.0662. The van der Waals surface area contributed by atoms with Crippen molar-refractivity contribution in [1.29, 1.82) is 0 Å². The van der Waals surface area contributed by atoms with Crippen LogP contribution in [0.5, 0.6) is 0 Å². The molecule has 0 aromatic heterocycles. The summed E-state index contributed by atoms with van der Waals surface area (Å²) < 4.78 is 6.05. The summed E-state index contributed by atoms with van der Waals surface area (Å²) in [6.07, 6.45) is 0.949. The largest absolute Gasteiger partial charge is 0.379 e. The lowest BCUT2D eigenvalue weighted by Gasteiger charge is -2.28. The van der Waals surface area contributed by atoms with E-state index in [0.717, 1.165) is 12.1 Å². The zero-order chi connectivity index (χ0) is 13.6. The predicted octanol–water partition coefficient (Wildman–Crippen LogP) is 4.75. The highest BCUT2D eigenvalue weighted by atomic mass is 35.5. The van der Waals surface area contributed by atoms with Gasteiger partial charge in [0.25, 0.3) is 0 Å². The molecule has 100 valence electrons. The Hall–Kier alpha value is -0.440. The molecule has 0 amide bonds. The molecule has 1 atom stereocenters. The normalized spacial score (nSPS) is 25.1. The quantitative estimate of drug-likeness (QED) is 0.847. The first-order valence-electron chi connectivity index (χ1n) is 6.11. The van der Waals surface area contributed by atoms with Crippen LogP contribution >= 0.6 is 23.2 Å². The van der Waals surface area contributed by atoms with Crippen molar-refractivity contribution in [1.82, 2.24) is 0 Å². The van der Waals surface area contributed by atoms with Crippen LogP contribution in [0.25, 0.3) is 0 Å². The van der Waals surface area contributed by atoms with Crippen molar-refractivity contribution in [2.24, 2.45) is 0 Å². The number of hydrogen-bond donors (Lipinski definition) is 1. The topological polar surface area (TPSA) is 21.3 Å². The van der Waals surface area contributed by atoms with Crippen LogP contribution in [0.2, 0.25) is 10.0 Å². The summed E-state index contributed by atoms with van der Waals surface area (Å²) in [6, 6.07) is 5.74. The highest BCUT2D eigenvalue weighted by molar-refractivity contribution is 6.35. The van der Waals surface area contributed by atoms with E-state index in [9.17, 15) is 0 Å². The minimum Gasteiger partial charge on any atom is -0.379 e. The van der Waals surface area contributed by atoms with Crippen molar-refractivity contribution >= 4 is 28.9 Å². The number of benzene rings is 1. The third-order valence-corrected chi connectivity index (χ3v) is 3.71. The van der Waals surface area contributed by atoms with Gasteiger partial charge in [-0.25, -0.2) is 0 Å². The summed E-state index contributed by atoms with van der Waals surface area (Å²) in [4.78, 5) is 0. The molecule has 1 N–H and O–H groups in total. The molecular formula is C14H19Cl2NO. The summed E-state index contributed by atoms with van der Waals surface area (Å²) in [5, 5.41) is 4.75. The molecule has 4 heteroatoms. The third kappa shape index (κ3) is 3.11. The molecule has 18 heavy (non-hydrogen) atoms. The van der Waals surface area contributed by atoms with Crippen molar-refractivity contribution in [3.8, 4) is 0 Å². The fourth-order valence-electron chi connectivity index (χ4n) is 2.63. The van der Waals surface area contributed by atoms with Gasteiger partial charge in [-0.3, -0.25) is 0 Å². The Balaban J connectivity index is 2.19. The minimum absolute atomic E-state index is 0.108. The highest BCUT2D eigenvalue weighted by Gasteiger charge is 2.45. The van der Waals surface area contributed by atoms with Gasteiger partial charge in [0, 0.05) is 15.7 Å². The van der Waals surface area contributed by atoms with E-state index < -0.39 is 0 Å². The molecule has 1 heterocycles. The standard InChI is InChI=1S/C14H19Cl2NO/c1-13(2)8-12(14(3,4)18-13)17-11-6-9(15)5-10(16)7-11/h5-7,12,17H,8H2,1-4H3. The molecule has 0 aliphatic carbocycles. The maximum Gasteiger partial charge on any atom is 0.0834 e. The van der Waals surface area contributed by atoms with Crippen molar-refractivity contribution < 1.29 is 4.74 Å². The number of hydrogen-bond acceptors (Lipinski definition) is 2. The number of anilines is 1. The van der Waals surface area contributed by atoms with Gasteiger partial charge in [0.15, 0.2) is 0 Å². The molecule has 1 aromatic rings. The van der Waals surface area contributed by atoms with Crippen LogP contribution in [-0.2, 0) is 4.74 Å². The minimum atomic E-state index is -0.210. The monoisotopic (exact) mass is 287 g/mol. The zero-order valence-corrected chi connectivity index (χ0v) is 12.7. The predicted molar refractivity (Wildman–Crippen MR) is 77.7 cm³/mol. The van der Waals surface area contributed by atoms with Crippen molar-refractivity contribution in [2.75, 3.05) is 5.32 Å². The highest BCUT2D eigenvalue weighted by Crippen LogP contribution is 2.39. The number of rotatable bonds is 2. The maximum absolute atomic E-state index is 6.05. The van der Waals surface area contributed by atoms with Crippen molar-refractivity contribution in [3.05, 3.63) is 28.2 Å². The van der Waals surface area contributed by atoms with E-state index in [4.69, 9.17) is 27.9 Å². The van der Waals surface area contributed by atoms with Gasteiger partial charge in [0.1, 0.15) is 0 Å². The molecule has 0 radical (unpaired) electrons. The van der Waals surface area contributed by atoms with Crippen LogP contribution in [-0.4, -0.2) is 17.2 Å². The Morgan fingerprint density at radius 2 is 1.67 bits per heavy atom. The van der Waals surface area contributed by atoms with Gasteiger partial charge in [-0.15, -0.1) is 0 Å². The zero-order valence-electron chi connectivity index (χ0n) is 11.2. The second-order valence-electron chi connectivity index (χ2n) is 6.02. The molecule has 1 saturated heterocycles. The molecule has 1 aliphatic heterocycles. The van der Waals surface area contributed by atoms with Crippen LogP contribution in [0.15, 0.2) is 18.2 Å². The molecule has 1 aliphatic rings. The first kappa shape index (κ1) is 14.0. The smallest absolute Gasteiger partial charge is 0.0834 e. The summed E-state index contributed by atoms with van der Waals surface area (Å²) in [5.41, 5.74) is 0.619.